The predicted molar refractivity (Wildman–Crippen MR) is 114 cm³/mol. The number of rotatable bonds is 9. The van der Waals surface area contributed by atoms with Crippen LogP contribution < -0.4 is 5.32 Å². The summed E-state index contributed by atoms with van der Waals surface area (Å²) >= 11 is 0. The maximum atomic E-state index is 13.3. The van der Waals surface area contributed by atoms with Crippen molar-refractivity contribution in [3.05, 3.63) is 35.6 Å². The monoisotopic (exact) mass is 465 g/mol. The Morgan fingerprint density at radius 3 is 2.64 bits per heavy atom. The zero-order chi connectivity index (χ0) is 17.9. The molecular weight excluding hydrogens is 432 g/mol. The molecule has 1 unspecified atom stereocenters. The molecule has 0 fully saturated rings. The maximum absolute atomic E-state index is 13.3. The summed E-state index contributed by atoms with van der Waals surface area (Å²) in [6.07, 6.45) is 1.83. The van der Waals surface area contributed by atoms with Gasteiger partial charge < -0.3 is 15.3 Å². The Kier molecular flexibility index (Phi) is 12.9. The fourth-order valence-electron chi connectivity index (χ4n) is 2.80. The summed E-state index contributed by atoms with van der Waals surface area (Å²) in [5, 5.41) is 12.5. The van der Waals surface area contributed by atoms with Gasteiger partial charge in [-0.05, 0) is 49.3 Å². The van der Waals surface area contributed by atoms with E-state index in [0.29, 0.717) is 24.9 Å². The minimum Gasteiger partial charge on any atom is -0.396 e. The van der Waals surface area contributed by atoms with E-state index in [1.54, 1.807) is 12.1 Å². The van der Waals surface area contributed by atoms with Crippen LogP contribution in [0.25, 0.3) is 0 Å². The van der Waals surface area contributed by atoms with E-state index < -0.39 is 0 Å². The van der Waals surface area contributed by atoms with Gasteiger partial charge in [0, 0.05) is 33.3 Å². The molecule has 0 aliphatic heterocycles. The lowest BCUT2D eigenvalue weighted by Crippen LogP contribution is -2.39. The zero-order valence-corrected chi connectivity index (χ0v) is 18.2. The van der Waals surface area contributed by atoms with E-state index in [4.69, 9.17) is 4.99 Å². The first-order valence-electron chi connectivity index (χ1n) is 8.81. The van der Waals surface area contributed by atoms with Crippen molar-refractivity contribution >= 4 is 29.9 Å². The van der Waals surface area contributed by atoms with Gasteiger partial charge in [0.25, 0.3) is 0 Å². The topological polar surface area (TPSA) is 47.9 Å². The smallest absolute Gasteiger partial charge is 0.193 e. The first kappa shape index (κ1) is 24.1. The van der Waals surface area contributed by atoms with Gasteiger partial charge in [0.1, 0.15) is 5.82 Å². The van der Waals surface area contributed by atoms with Crippen LogP contribution in [0, 0.1) is 17.7 Å². The molecule has 4 nitrogen and oxygen atoms in total. The summed E-state index contributed by atoms with van der Waals surface area (Å²) < 4.78 is 13.3. The first-order valence-corrected chi connectivity index (χ1v) is 8.81. The summed E-state index contributed by atoms with van der Waals surface area (Å²) in [6, 6.07) is 6.64. The highest BCUT2D eigenvalue weighted by atomic mass is 127. The van der Waals surface area contributed by atoms with E-state index in [1.165, 1.54) is 6.07 Å². The Morgan fingerprint density at radius 1 is 1.36 bits per heavy atom. The molecule has 0 aliphatic rings. The van der Waals surface area contributed by atoms with Gasteiger partial charge in [0.2, 0.25) is 0 Å². The quantitative estimate of drug-likeness (QED) is 0.331. The van der Waals surface area contributed by atoms with Gasteiger partial charge >= 0.3 is 0 Å². The highest BCUT2D eigenvalue weighted by molar-refractivity contribution is 14.0. The van der Waals surface area contributed by atoms with Crippen LogP contribution in [0.15, 0.2) is 29.3 Å². The molecule has 0 saturated heterocycles. The van der Waals surface area contributed by atoms with Crippen LogP contribution in [0.1, 0.15) is 39.2 Å². The number of hydrogen-bond acceptors (Lipinski definition) is 2. The molecule has 0 bridgehead atoms. The van der Waals surface area contributed by atoms with Gasteiger partial charge in [-0.15, -0.1) is 24.0 Å². The molecule has 0 aliphatic carbocycles. The van der Waals surface area contributed by atoms with Crippen LogP contribution in [-0.4, -0.2) is 42.7 Å². The van der Waals surface area contributed by atoms with E-state index in [9.17, 15) is 9.50 Å². The lowest BCUT2D eigenvalue weighted by atomic mass is 9.94. The van der Waals surface area contributed by atoms with Crippen molar-refractivity contribution in [1.82, 2.24) is 10.2 Å². The van der Waals surface area contributed by atoms with E-state index in [0.717, 1.165) is 30.9 Å². The molecule has 25 heavy (non-hydrogen) atoms. The minimum atomic E-state index is -0.220. The molecular formula is C19H33FIN3O. The lowest BCUT2D eigenvalue weighted by Gasteiger charge is -2.23. The average molecular weight is 465 g/mol. The molecule has 0 saturated carbocycles. The summed E-state index contributed by atoms with van der Waals surface area (Å²) in [5.74, 6) is 1.56. The Bertz CT molecular complexity index is 511. The third kappa shape index (κ3) is 9.99. The van der Waals surface area contributed by atoms with Crippen LogP contribution in [-0.2, 0) is 6.54 Å². The summed E-state index contributed by atoms with van der Waals surface area (Å²) in [4.78, 5) is 6.73. The highest BCUT2D eigenvalue weighted by Gasteiger charge is 2.12. The minimum absolute atomic E-state index is 0. The fraction of sp³-hybridized carbons (Fsp3) is 0.632. The number of guanidine groups is 1. The van der Waals surface area contributed by atoms with E-state index >= 15 is 0 Å². The standard InChI is InChI=1S/C19H32FN3O.HI/c1-5-21-19(22-13-16(9-10-24)11-15(2)3)23(4)14-17-7-6-8-18(20)12-17;/h6-8,12,15-16,24H,5,9-11,13-14H2,1-4H3,(H,21,22);1H. The first-order chi connectivity index (χ1) is 11.5. The highest BCUT2D eigenvalue weighted by Crippen LogP contribution is 2.16. The number of aliphatic imine (C=N–C) groups is 1. The van der Waals surface area contributed by atoms with Crippen LogP contribution in [0.2, 0.25) is 0 Å². The Balaban J connectivity index is 0.00000576. The van der Waals surface area contributed by atoms with Crippen molar-refractivity contribution in [2.45, 2.75) is 40.2 Å². The van der Waals surface area contributed by atoms with Crippen molar-refractivity contribution in [2.24, 2.45) is 16.8 Å². The third-order valence-electron chi connectivity index (χ3n) is 3.85. The average Bonchev–Trinajstić information content (AvgIpc) is 2.50. The molecule has 1 aromatic rings. The van der Waals surface area contributed by atoms with Gasteiger partial charge in [-0.2, -0.15) is 0 Å². The van der Waals surface area contributed by atoms with Crippen LogP contribution in [0.4, 0.5) is 4.39 Å². The Labute approximate surface area is 168 Å². The Hall–Kier alpha value is -0.890. The molecule has 1 atom stereocenters. The van der Waals surface area contributed by atoms with Crippen LogP contribution in [0.5, 0.6) is 0 Å². The number of nitrogens with one attached hydrogen (secondary N) is 1. The van der Waals surface area contributed by atoms with Crippen molar-refractivity contribution in [3.8, 4) is 0 Å². The maximum Gasteiger partial charge on any atom is 0.193 e. The van der Waals surface area contributed by atoms with Crippen LogP contribution >= 0.6 is 24.0 Å². The molecule has 144 valence electrons. The van der Waals surface area contributed by atoms with E-state index in [-0.39, 0.29) is 36.4 Å². The molecule has 6 heteroatoms. The van der Waals surface area contributed by atoms with Gasteiger partial charge in [0.05, 0.1) is 0 Å². The third-order valence-corrected chi connectivity index (χ3v) is 3.85. The van der Waals surface area contributed by atoms with Crippen LogP contribution in [0.3, 0.4) is 0 Å². The second-order valence-electron chi connectivity index (χ2n) is 6.69. The molecule has 0 aromatic heterocycles. The van der Waals surface area contributed by atoms with Crippen molar-refractivity contribution in [1.29, 1.82) is 0 Å². The second-order valence-corrected chi connectivity index (χ2v) is 6.69. The van der Waals surface area contributed by atoms with Crippen molar-refractivity contribution in [3.63, 3.8) is 0 Å². The summed E-state index contributed by atoms with van der Waals surface area (Å²) in [6.45, 7) is 8.67. The normalized spacial score (nSPS) is 12.7. The molecule has 0 heterocycles. The van der Waals surface area contributed by atoms with Gasteiger partial charge in [-0.25, -0.2) is 4.39 Å². The SMILES string of the molecule is CCNC(=NCC(CCO)CC(C)C)N(C)Cc1cccc(F)c1.I. The molecule has 0 amide bonds. The van der Waals surface area contributed by atoms with Gasteiger partial charge in [-0.1, -0.05) is 26.0 Å². The number of aliphatic hydroxyl groups is 1. The fourth-order valence-corrected chi connectivity index (χ4v) is 2.80. The predicted octanol–water partition coefficient (Wildman–Crippen LogP) is 3.89. The van der Waals surface area contributed by atoms with Crippen molar-refractivity contribution < 1.29 is 9.50 Å². The molecule has 2 N–H and O–H groups in total. The Morgan fingerprint density at radius 2 is 2.08 bits per heavy atom. The van der Waals surface area contributed by atoms with Crippen molar-refractivity contribution in [2.75, 3.05) is 26.7 Å². The number of benzene rings is 1. The molecule has 0 spiro atoms. The zero-order valence-electron chi connectivity index (χ0n) is 15.8. The number of hydrogen-bond donors (Lipinski definition) is 2. The molecule has 1 aromatic carbocycles. The lowest BCUT2D eigenvalue weighted by molar-refractivity contribution is 0.245. The summed E-state index contributed by atoms with van der Waals surface area (Å²) in [7, 11) is 1.95. The second kappa shape index (κ2) is 13.3. The number of halogens is 2. The van der Waals surface area contributed by atoms with Gasteiger partial charge in [0.15, 0.2) is 5.96 Å². The number of nitrogens with zero attached hydrogens (tertiary/aromatic N) is 2. The van der Waals surface area contributed by atoms with E-state index in [2.05, 4.69) is 19.2 Å². The molecule has 0 radical (unpaired) electrons. The van der Waals surface area contributed by atoms with E-state index in [1.807, 2.05) is 24.9 Å². The largest absolute Gasteiger partial charge is 0.396 e. The summed E-state index contributed by atoms with van der Waals surface area (Å²) in [5.41, 5.74) is 0.914. The van der Waals surface area contributed by atoms with Gasteiger partial charge in [-0.3, -0.25) is 4.99 Å². The molecule has 1 rings (SSSR count). The number of aliphatic hydroxyl groups excluding tert-OH is 1.